The summed E-state index contributed by atoms with van der Waals surface area (Å²) in [5.41, 5.74) is 2.61. The van der Waals surface area contributed by atoms with Gasteiger partial charge in [0.2, 0.25) is 0 Å². The molecule has 8 heteroatoms. The fourth-order valence-corrected chi connectivity index (χ4v) is 3.59. The topological polar surface area (TPSA) is 112 Å². The highest BCUT2D eigenvalue weighted by molar-refractivity contribution is 5.96. The number of carbonyl (C=O) groups is 4. The van der Waals surface area contributed by atoms with Crippen molar-refractivity contribution in [3.63, 3.8) is 0 Å². The third kappa shape index (κ3) is 10.8. The third-order valence-electron chi connectivity index (χ3n) is 6.27. The first-order valence-corrected chi connectivity index (χ1v) is 13.6. The minimum atomic E-state index is -0.448. The van der Waals surface area contributed by atoms with Crippen molar-refractivity contribution in [2.45, 2.75) is 60.4 Å². The molecule has 39 heavy (non-hydrogen) atoms. The maximum absolute atomic E-state index is 13.0. The average molecular weight is 539 g/mol. The van der Waals surface area contributed by atoms with Gasteiger partial charge in [-0.25, -0.2) is 0 Å². The van der Waals surface area contributed by atoms with E-state index in [4.69, 9.17) is 9.47 Å². The molecule has 1 aromatic carbocycles. The van der Waals surface area contributed by atoms with Crippen molar-refractivity contribution in [3.8, 4) is 11.1 Å². The number of hydrogen-bond acceptors (Lipinski definition) is 7. The summed E-state index contributed by atoms with van der Waals surface area (Å²) in [6.07, 6.45) is 2.28. The van der Waals surface area contributed by atoms with Gasteiger partial charge in [0.1, 0.15) is 17.3 Å². The van der Waals surface area contributed by atoms with Gasteiger partial charge in [-0.2, -0.15) is 0 Å². The molecule has 0 aliphatic carbocycles. The Kier molecular flexibility index (Phi) is 13.1. The zero-order valence-electron chi connectivity index (χ0n) is 24.0. The Morgan fingerprint density at radius 1 is 0.718 bits per heavy atom. The van der Waals surface area contributed by atoms with Gasteiger partial charge in [-0.05, 0) is 23.8 Å². The van der Waals surface area contributed by atoms with Crippen LogP contribution in [0, 0.1) is 17.8 Å². The van der Waals surface area contributed by atoms with E-state index in [2.05, 4.69) is 10.3 Å². The van der Waals surface area contributed by atoms with Crippen LogP contribution in [0.15, 0.2) is 42.6 Å². The van der Waals surface area contributed by atoms with E-state index in [-0.39, 0.29) is 67.4 Å². The van der Waals surface area contributed by atoms with E-state index >= 15 is 0 Å². The molecule has 1 amide bonds. The Balaban J connectivity index is 1.99. The van der Waals surface area contributed by atoms with Gasteiger partial charge < -0.3 is 14.8 Å². The van der Waals surface area contributed by atoms with Gasteiger partial charge >= 0.3 is 0 Å². The maximum atomic E-state index is 13.0. The molecular weight excluding hydrogens is 496 g/mol. The van der Waals surface area contributed by atoms with Crippen LogP contribution in [-0.4, -0.2) is 60.7 Å². The average Bonchev–Trinajstić information content (AvgIpc) is 2.92. The smallest absolute Gasteiger partial charge is 0.251 e. The number of nitrogens with one attached hydrogen (secondary N) is 1. The van der Waals surface area contributed by atoms with Gasteiger partial charge in [-0.1, -0.05) is 59.7 Å². The molecule has 2 aromatic rings. The predicted octanol–water partition coefficient (Wildman–Crippen LogP) is 4.95. The van der Waals surface area contributed by atoms with Crippen molar-refractivity contribution in [1.82, 2.24) is 10.3 Å². The van der Waals surface area contributed by atoms with Crippen molar-refractivity contribution in [3.05, 3.63) is 53.9 Å². The Labute approximate surface area is 231 Å². The number of carbonyl (C=O) groups excluding carboxylic acids is 4. The van der Waals surface area contributed by atoms with Crippen molar-refractivity contribution >= 4 is 23.3 Å². The molecule has 0 bridgehead atoms. The predicted molar refractivity (Wildman–Crippen MR) is 151 cm³/mol. The summed E-state index contributed by atoms with van der Waals surface area (Å²) in [5.74, 6) is -0.271. The van der Waals surface area contributed by atoms with E-state index in [1.165, 1.54) is 0 Å². The molecule has 0 radical (unpaired) electrons. The number of ether oxygens (including phenoxy) is 2. The molecule has 0 aliphatic rings. The zero-order valence-corrected chi connectivity index (χ0v) is 24.0. The minimum absolute atomic E-state index is 0.00544. The molecule has 1 N–H and O–H groups in total. The van der Waals surface area contributed by atoms with Gasteiger partial charge in [-0.3, -0.25) is 24.2 Å². The third-order valence-corrected chi connectivity index (χ3v) is 6.27. The van der Waals surface area contributed by atoms with Crippen molar-refractivity contribution < 1.29 is 28.7 Å². The van der Waals surface area contributed by atoms with Crippen LogP contribution in [0.5, 0.6) is 0 Å². The number of pyridine rings is 1. The molecule has 212 valence electrons. The Morgan fingerprint density at radius 3 is 1.67 bits per heavy atom. The van der Waals surface area contributed by atoms with Crippen LogP contribution in [0.1, 0.15) is 75.2 Å². The quantitative estimate of drug-likeness (QED) is 0.224. The summed E-state index contributed by atoms with van der Waals surface area (Å²) in [6.45, 7) is 12.0. The van der Waals surface area contributed by atoms with Crippen LogP contribution in [0.2, 0.25) is 0 Å². The molecule has 1 aromatic heterocycles. The van der Waals surface area contributed by atoms with Gasteiger partial charge in [0, 0.05) is 47.9 Å². The number of aromatic nitrogens is 1. The van der Waals surface area contributed by atoms with E-state index in [1.807, 2.05) is 59.7 Å². The molecular formula is C31H42N2O6. The van der Waals surface area contributed by atoms with Crippen molar-refractivity contribution in [1.29, 1.82) is 0 Å². The highest BCUT2D eigenvalue weighted by atomic mass is 16.5. The van der Waals surface area contributed by atoms with E-state index in [1.54, 1.807) is 24.4 Å². The van der Waals surface area contributed by atoms with Crippen LogP contribution in [-0.2, 0) is 19.1 Å². The van der Waals surface area contributed by atoms with Crippen LogP contribution >= 0.6 is 0 Å². The van der Waals surface area contributed by atoms with Gasteiger partial charge in [0.25, 0.3) is 5.91 Å². The number of ketones is 3. The molecule has 0 atom stereocenters. The fraction of sp³-hybridized carbons (Fsp3) is 0.516. The summed E-state index contributed by atoms with van der Waals surface area (Å²) in [5, 5.41) is 2.94. The van der Waals surface area contributed by atoms with Crippen LogP contribution < -0.4 is 5.32 Å². The fourth-order valence-electron chi connectivity index (χ4n) is 3.59. The molecule has 0 unspecified atom stereocenters. The number of benzene rings is 1. The number of amides is 1. The minimum Gasteiger partial charge on any atom is -0.379 e. The molecule has 0 aliphatic heterocycles. The molecule has 0 saturated heterocycles. The standard InChI is InChI=1S/C31H42N2O6/c1-20(2)28(34)13-15-38-18-26(19-39-16-14-29(35)21(3)4)33-31(37)24-9-7-23(8-10-24)25-11-12-27(32-17-25)30(36)22(5)6/h7-12,17,20-22,26H,13-16,18-19H2,1-6H3,(H,33,37). The van der Waals surface area contributed by atoms with Gasteiger partial charge in [0.15, 0.2) is 5.78 Å². The molecule has 0 spiro atoms. The lowest BCUT2D eigenvalue weighted by atomic mass is 10.0. The van der Waals surface area contributed by atoms with Gasteiger partial charge in [-0.15, -0.1) is 0 Å². The Hall–Kier alpha value is -3.23. The number of hydrogen-bond donors (Lipinski definition) is 1. The van der Waals surface area contributed by atoms with E-state index < -0.39 is 6.04 Å². The number of nitrogens with zero attached hydrogens (tertiary/aromatic N) is 1. The Bertz CT molecular complexity index is 1060. The highest BCUT2D eigenvalue weighted by Gasteiger charge is 2.17. The molecule has 0 fully saturated rings. The normalized spacial score (nSPS) is 11.4. The lowest BCUT2D eigenvalue weighted by Gasteiger charge is -2.19. The van der Waals surface area contributed by atoms with Crippen LogP contribution in [0.25, 0.3) is 11.1 Å². The lowest BCUT2D eigenvalue weighted by molar-refractivity contribution is -0.123. The summed E-state index contributed by atoms with van der Waals surface area (Å²) in [7, 11) is 0. The first kappa shape index (κ1) is 32.0. The second kappa shape index (κ2) is 16.0. The second-order valence-electron chi connectivity index (χ2n) is 10.6. The van der Waals surface area contributed by atoms with E-state index in [0.717, 1.165) is 11.1 Å². The second-order valence-corrected chi connectivity index (χ2v) is 10.6. The largest absolute Gasteiger partial charge is 0.379 e. The van der Waals surface area contributed by atoms with E-state index in [9.17, 15) is 19.2 Å². The molecule has 2 rings (SSSR count). The molecule has 8 nitrogen and oxygen atoms in total. The first-order valence-electron chi connectivity index (χ1n) is 13.6. The Morgan fingerprint density at radius 2 is 1.23 bits per heavy atom. The van der Waals surface area contributed by atoms with Crippen molar-refractivity contribution in [2.24, 2.45) is 17.8 Å². The summed E-state index contributed by atoms with van der Waals surface area (Å²) < 4.78 is 11.3. The lowest BCUT2D eigenvalue weighted by Crippen LogP contribution is -2.42. The number of Topliss-reactive ketones (excluding diaryl/α,β-unsaturated/α-hetero) is 3. The maximum Gasteiger partial charge on any atom is 0.251 e. The highest BCUT2D eigenvalue weighted by Crippen LogP contribution is 2.20. The van der Waals surface area contributed by atoms with Gasteiger partial charge in [0.05, 0.1) is 32.5 Å². The number of rotatable bonds is 17. The summed E-state index contributed by atoms with van der Waals surface area (Å²) in [6, 6.07) is 10.2. The molecule has 0 saturated carbocycles. The van der Waals surface area contributed by atoms with Crippen LogP contribution in [0.4, 0.5) is 0 Å². The zero-order chi connectivity index (χ0) is 28.9. The SMILES string of the molecule is CC(C)C(=O)CCOCC(COCCC(=O)C(C)C)NC(=O)c1ccc(-c2ccc(C(=O)C(C)C)nc2)cc1. The molecule has 1 heterocycles. The summed E-state index contributed by atoms with van der Waals surface area (Å²) in [4.78, 5) is 53.1. The van der Waals surface area contributed by atoms with Crippen LogP contribution in [0.3, 0.4) is 0 Å². The van der Waals surface area contributed by atoms with E-state index in [0.29, 0.717) is 24.1 Å². The van der Waals surface area contributed by atoms with Crippen molar-refractivity contribution in [2.75, 3.05) is 26.4 Å². The monoisotopic (exact) mass is 538 g/mol. The first-order chi connectivity index (χ1) is 18.5. The summed E-state index contributed by atoms with van der Waals surface area (Å²) >= 11 is 0.